The SMILES string of the molecule is CC1Cc2ccccc2NC1c1cnnn1C. The maximum absolute atomic E-state index is 4.01. The number of nitrogens with zero attached hydrogens (tertiary/aromatic N) is 3. The summed E-state index contributed by atoms with van der Waals surface area (Å²) in [6.45, 7) is 2.26. The van der Waals surface area contributed by atoms with Crippen molar-refractivity contribution in [3.8, 4) is 0 Å². The maximum Gasteiger partial charge on any atom is 0.0809 e. The molecule has 1 aromatic carbocycles. The van der Waals surface area contributed by atoms with Gasteiger partial charge >= 0.3 is 0 Å². The van der Waals surface area contributed by atoms with E-state index in [4.69, 9.17) is 0 Å². The lowest BCUT2D eigenvalue weighted by Crippen LogP contribution is -2.27. The van der Waals surface area contributed by atoms with Crippen LogP contribution in [0.15, 0.2) is 30.5 Å². The van der Waals surface area contributed by atoms with E-state index in [2.05, 4.69) is 46.8 Å². The van der Waals surface area contributed by atoms with Gasteiger partial charge in [-0.1, -0.05) is 30.3 Å². The molecule has 17 heavy (non-hydrogen) atoms. The first kappa shape index (κ1) is 10.3. The van der Waals surface area contributed by atoms with Gasteiger partial charge in [-0.05, 0) is 24.0 Å². The van der Waals surface area contributed by atoms with Gasteiger partial charge in [-0.3, -0.25) is 4.68 Å². The monoisotopic (exact) mass is 228 g/mol. The molecule has 0 amide bonds. The van der Waals surface area contributed by atoms with Crippen LogP contribution in [0.5, 0.6) is 0 Å². The van der Waals surface area contributed by atoms with Crippen molar-refractivity contribution < 1.29 is 0 Å². The van der Waals surface area contributed by atoms with Crippen molar-refractivity contribution in [1.29, 1.82) is 0 Å². The van der Waals surface area contributed by atoms with Crippen LogP contribution in [0.2, 0.25) is 0 Å². The number of anilines is 1. The number of para-hydroxylation sites is 1. The summed E-state index contributed by atoms with van der Waals surface area (Å²) in [6, 6.07) is 8.79. The summed E-state index contributed by atoms with van der Waals surface area (Å²) in [5.41, 5.74) is 3.77. The minimum Gasteiger partial charge on any atom is -0.376 e. The minimum atomic E-state index is 0.296. The second-order valence-corrected chi connectivity index (χ2v) is 4.74. The van der Waals surface area contributed by atoms with Crippen LogP contribution in [0.4, 0.5) is 5.69 Å². The molecule has 0 saturated carbocycles. The Balaban J connectivity index is 1.97. The lowest BCUT2D eigenvalue weighted by molar-refractivity contribution is 0.454. The first-order valence-electron chi connectivity index (χ1n) is 5.94. The van der Waals surface area contributed by atoms with Crippen molar-refractivity contribution in [3.05, 3.63) is 41.7 Å². The van der Waals surface area contributed by atoms with E-state index in [-0.39, 0.29) is 0 Å². The van der Waals surface area contributed by atoms with Gasteiger partial charge in [0.2, 0.25) is 0 Å². The normalized spacial score (nSPS) is 22.9. The van der Waals surface area contributed by atoms with E-state index < -0.39 is 0 Å². The molecule has 2 unspecified atom stereocenters. The minimum absolute atomic E-state index is 0.296. The summed E-state index contributed by atoms with van der Waals surface area (Å²) in [7, 11) is 1.94. The predicted molar refractivity (Wildman–Crippen MR) is 66.7 cm³/mol. The van der Waals surface area contributed by atoms with Crippen LogP contribution in [0.1, 0.15) is 24.2 Å². The molecule has 88 valence electrons. The summed E-state index contributed by atoms with van der Waals surface area (Å²) >= 11 is 0. The Labute approximate surface area is 101 Å². The van der Waals surface area contributed by atoms with Gasteiger partial charge in [0.15, 0.2) is 0 Å². The van der Waals surface area contributed by atoms with Crippen LogP contribution in [-0.4, -0.2) is 15.0 Å². The first-order chi connectivity index (χ1) is 8.25. The predicted octanol–water partition coefficient (Wildman–Crippen LogP) is 2.16. The fourth-order valence-electron chi connectivity index (χ4n) is 2.56. The zero-order chi connectivity index (χ0) is 11.8. The van der Waals surface area contributed by atoms with Crippen LogP contribution in [-0.2, 0) is 13.5 Å². The largest absolute Gasteiger partial charge is 0.376 e. The van der Waals surface area contributed by atoms with Crippen LogP contribution in [0.3, 0.4) is 0 Å². The highest BCUT2D eigenvalue weighted by molar-refractivity contribution is 5.54. The number of hydrogen-bond donors (Lipinski definition) is 1. The number of rotatable bonds is 1. The number of hydrogen-bond acceptors (Lipinski definition) is 3. The van der Waals surface area contributed by atoms with E-state index in [1.165, 1.54) is 11.3 Å². The van der Waals surface area contributed by atoms with Crippen LogP contribution < -0.4 is 5.32 Å². The molecule has 1 N–H and O–H groups in total. The average Bonchev–Trinajstić information content (AvgIpc) is 2.74. The Bertz CT molecular complexity index is 532. The fourth-order valence-corrected chi connectivity index (χ4v) is 2.56. The molecule has 0 spiro atoms. The Morgan fingerprint density at radius 2 is 2.18 bits per heavy atom. The highest BCUT2D eigenvalue weighted by Crippen LogP contribution is 2.35. The molecule has 2 aromatic rings. The van der Waals surface area contributed by atoms with E-state index in [0.29, 0.717) is 12.0 Å². The molecule has 1 aromatic heterocycles. The van der Waals surface area contributed by atoms with Gasteiger partial charge in [-0.25, -0.2) is 0 Å². The highest BCUT2D eigenvalue weighted by Gasteiger charge is 2.27. The lowest BCUT2D eigenvalue weighted by Gasteiger charge is -2.32. The highest BCUT2D eigenvalue weighted by atomic mass is 15.4. The van der Waals surface area contributed by atoms with Gasteiger partial charge in [0.05, 0.1) is 17.9 Å². The fraction of sp³-hybridized carbons (Fsp3) is 0.385. The van der Waals surface area contributed by atoms with Crippen LogP contribution >= 0.6 is 0 Å². The van der Waals surface area contributed by atoms with E-state index in [0.717, 1.165) is 12.1 Å². The third-order valence-corrected chi connectivity index (χ3v) is 3.51. The molecule has 0 bridgehead atoms. The van der Waals surface area contributed by atoms with Crippen LogP contribution in [0.25, 0.3) is 0 Å². The maximum atomic E-state index is 4.01. The third-order valence-electron chi connectivity index (χ3n) is 3.51. The van der Waals surface area contributed by atoms with Crippen molar-refractivity contribution in [2.45, 2.75) is 19.4 Å². The van der Waals surface area contributed by atoms with Crippen molar-refractivity contribution in [1.82, 2.24) is 15.0 Å². The Morgan fingerprint density at radius 3 is 2.94 bits per heavy atom. The summed E-state index contributed by atoms with van der Waals surface area (Å²) in [5, 5.41) is 11.6. The van der Waals surface area contributed by atoms with Gasteiger partial charge in [-0.15, -0.1) is 5.10 Å². The Hall–Kier alpha value is -1.84. The number of aryl methyl sites for hydroxylation is 1. The molecule has 1 aliphatic rings. The van der Waals surface area contributed by atoms with Gasteiger partial charge < -0.3 is 5.32 Å². The second kappa shape index (κ2) is 3.87. The first-order valence-corrected chi connectivity index (χ1v) is 5.94. The molecule has 3 rings (SSSR count). The van der Waals surface area contributed by atoms with Gasteiger partial charge in [0.1, 0.15) is 0 Å². The van der Waals surface area contributed by atoms with E-state index in [1.807, 2.05) is 17.9 Å². The molecule has 2 atom stereocenters. The van der Waals surface area contributed by atoms with Crippen molar-refractivity contribution in [2.75, 3.05) is 5.32 Å². The van der Waals surface area contributed by atoms with Crippen molar-refractivity contribution in [2.24, 2.45) is 13.0 Å². The zero-order valence-electron chi connectivity index (χ0n) is 10.1. The topological polar surface area (TPSA) is 42.7 Å². The van der Waals surface area contributed by atoms with Gasteiger partial charge in [0, 0.05) is 12.7 Å². The van der Waals surface area contributed by atoms with E-state index in [9.17, 15) is 0 Å². The van der Waals surface area contributed by atoms with Crippen LogP contribution in [0, 0.1) is 5.92 Å². The Morgan fingerprint density at radius 1 is 1.35 bits per heavy atom. The molecule has 1 aliphatic heterocycles. The standard InChI is InChI=1S/C13H16N4/c1-9-7-10-5-3-4-6-11(10)15-13(9)12-8-14-16-17(12)2/h3-6,8-9,13,15H,7H2,1-2H3. The lowest BCUT2D eigenvalue weighted by atomic mass is 9.87. The summed E-state index contributed by atoms with van der Waals surface area (Å²) < 4.78 is 1.85. The molecule has 0 aliphatic carbocycles. The van der Waals surface area contributed by atoms with Gasteiger partial charge in [0.25, 0.3) is 0 Å². The molecular formula is C13H16N4. The number of benzene rings is 1. The number of nitrogens with one attached hydrogen (secondary N) is 1. The van der Waals surface area contributed by atoms with E-state index in [1.54, 1.807) is 0 Å². The summed E-state index contributed by atoms with van der Waals surface area (Å²) in [5.74, 6) is 0.544. The molecule has 4 heteroatoms. The molecule has 2 heterocycles. The smallest absolute Gasteiger partial charge is 0.0809 e. The Kier molecular flexibility index (Phi) is 2.35. The average molecular weight is 228 g/mol. The summed E-state index contributed by atoms with van der Waals surface area (Å²) in [4.78, 5) is 0. The molecular weight excluding hydrogens is 212 g/mol. The zero-order valence-corrected chi connectivity index (χ0v) is 10.1. The van der Waals surface area contributed by atoms with Gasteiger partial charge in [-0.2, -0.15) is 0 Å². The molecule has 0 fully saturated rings. The molecule has 4 nitrogen and oxygen atoms in total. The summed E-state index contributed by atoms with van der Waals surface area (Å²) in [6.07, 6.45) is 2.95. The van der Waals surface area contributed by atoms with Crippen molar-refractivity contribution >= 4 is 5.69 Å². The van der Waals surface area contributed by atoms with E-state index >= 15 is 0 Å². The third kappa shape index (κ3) is 1.69. The number of fused-ring (bicyclic) bond motifs is 1. The van der Waals surface area contributed by atoms with Crippen molar-refractivity contribution in [3.63, 3.8) is 0 Å². The second-order valence-electron chi connectivity index (χ2n) is 4.74. The molecule has 0 saturated heterocycles. The quantitative estimate of drug-likeness (QED) is 0.813. The number of aromatic nitrogens is 3. The molecule has 0 radical (unpaired) electrons.